The van der Waals surface area contributed by atoms with Crippen LogP contribution in [0.25, 0.3) is 0 Å². The van der Waals surface area contributed by atoms with Crippen LogP contribution in [-0.2, 0) is 4.79 Å². The van der Waals surface area contributed by atoms with Crippen molar-refractivity contribution in [2.75, 3.05) is 13.3 Å². The summed E-state index contributed by atoms with van der Waals surface area (Å²) in [4.78, 5) is 10.4. The quantitative estimate of drug-likeness (QED) is 0.629. The van der Waals surface area contributed by atoms with Gasteiger partial charge in [-0.1, -0.05) is 19.6 Å². The number of aliphatic hydroxyl groups is 1. The average molecular weight is 230 g/mol. The fraction of sp³-hybridized carbons (Fsp3) is 0.583. The summed E-state index contributed by atoms with van der Waals surface area (Å²) in [7, 11) is 0. The molecule has 0 fully saturated rings. The van der Waals surface area contributed by atoms with Crippen LogP contribution >= 0.6 is 0 Å². The van der Waals surface area contributed by atoms with E-state index in [4.69, 9.17) is 10.2 Å². The number of alkyl halides is 1. The smallest absolute Gasteiger partial charge is 0.303 e. The van der Waals surface area contributed by atoms with E-state index in [1.54, 1.807) is 6.08 Å². The van der Waals surface area contributed by atoms with Gasteiger partial charge in [0.05, 0.1) is 0 Å². The van der Waals surface area contributed by atoms with Crippen molar-refractivity contribution in [3.63, 3.8) is 0 Å². The van der Waals surface area contributed by atoms with Gasteiger partial charge in [0, 0.05) is 18.9 Å². The van der Waals surface area contributed by atoms with Gasteiger partial charge in [-0.3, -0.25) is 4.79 Å². The van der Waals surface area contributed by atoms with Gasteiger partial charge in [-0.25, -0.2) is 4.39 Å². The third kappa shape index (κ3) is 5.66. The Labute approximate surface area is 95.3 Å². The Hall–Kier alpha value is -1.16. The second-order valence-corrected chi connectivity index (χ2v) is 3.68. The summed E-state index contributed by atoms with van der Waals surface area (Å²) >= 11 is 0. The van der Waals surface area contributed by atoms with Gasteiger partial charge in [-0.15, -0.1) is 0 Å². The molecule has 0 aliphatic carbocycles. The first-order valence-corrected chi connectivity index (χ1v) is 5.32. The molecule has 1 atom stereocenters. The lowest BCUT2D eigenvalue weighted by atomic mass is 9.94. The SMILES string of the molecule is C=C(/C=C(\CC)CF)C(CO)CCC(=O)O. The molecule has 0 heterocycles. The van der Waals surface area contributed by atoms with E-state index in [0.717, 1.165) is 0 Å². The third-order valence-electron chi connectivity index (χ3n) is 2.47. The first-order chi connectivity index (χ1) is 7.54. The van der Waals surface area contributed by atoms with Crippen molar-refractivity contribution in [1.29, 1.82) is 0 Å². The topological polar surface area (TPSA) is 57.5 Å². The molecule has 0 rings (SSSR count). The van der Waals surface area contributed by atoms with Gasteiger partial charge in [0.25, 0.3) is 0 Å². The predicted octanol–water partition coefficient (Wildman–Crippen LogP) is 2.32. The molecular formula is C12H19FO3. The minimum absolute atomic E-state index is 0.0187. The molecule has 0 bridgehead atoms. The molecule has 0 saturated heterocycles. The predicted molar refractivity (Wildman–Crippen MR) is 60.9 cm³/mol. The van der Waals surface area contributed by atoms with Gasteiger partial charge < -0.3 is 10.2 Å². The Bertz CT molecular complexity index is 265. The van der Waals surface area contributed by atoms with Crippen molar-refractivity contribution in [3.05, 3.63) is 23.8 Å². The highest BCUT2D eigenvalue weighted by Crippen LogP contribution is 2.19. The highest BCUT2D eigenvalue weighted by Gasteiger charge is 2.12. The van der Waals surface area contributed by atoms with Crippen LogP contribution in [0.3, 0.4) is 0 Å². The zero-order valence-electron chi connectivity index (χ0n) is 9.58. The molecule has 0 spiro atoms. The fourth-order valence-electron chi connectivity index (χ4n) is 1.31. The highest BCUT2D eigenvalue weighted by molar-refractivity contribution is 5.66. The zero-order valence-corrected chi connectivity index (χ0v) is 9.58. The Morgan fingerprint density at radius 2 is 2.19 bits per heavy atom. The van der Waals surface area contributed by atoms with Crippen molar-refractivity contribution >= 4 is 5.97 Å². The van der Waals surface area contributed by atoms with Crippen LogP contribution in [0.4, 0.5) is 4.39 Å². The minimum Gasteiger partial charge on any atom is -0.481 e. The number of halogens is 1. The van der Waals surface area contributed by atoms with Gasteiger partial charge in [0.15, 0.2) is 0 Å². The molecule has 0 aromatic carbocycles. The fourth-order valence-corrected chi connectivity index (χ4v) is 1.31. The summed E-state index contributed by atoms with van der Waals surface area (Å²) in [5.74, 6) is -1.21. The van der Waals surface area contributed by atoms with Crippen LogP contribution in [0.5, 0.6) is 0 Å². The molecule has 0 amide bonds. The van der Waals surface area contributed by atoms with E-state index in [9.17, 15) is 9.18 Å². The number of carboxylic acid groups (broad SMARTS) is 1. The maximum absolute atomic E-state index is 12.4. The first-order valence-electron chi connectivity index (χ1n) is 5.32. The van der Waals surface area contributed by atoms with Gasteiger partial charge in [0.1, 0.15) is 6.67 Å². The third-order valence-corrected chi connectivity index (χ3v) is 2.47. The van der Waals surface area contributed by atoms with Gasteiger partial charge in [-0.2, -0.15) is 0 Å². The maximum Gasteiger partial charge on any atom is 0.303 e. The Kier molecular flexibility index (Phi) is 7.46. The summed E-state index contributed by atoms with van der Waals surface area (Å²) in [5.41, 5.74) is 1.21. The largest absolute Gasteiger partial charge is 0.481 e. The number of rotatable bonds is 8. The Balaban J connectivity index is 4.41. The molecule has 3 nitrogen and oxygen atoms in total. The summed E-state index contributed by atoms with van der Waals surface area (Å²) in [6.07, 6.45) is 2.51. The molecule has 0 aliphatic rings. The zero-order chi connectivity index (χ0) is 12.6. The summed E-state index contributed by atoms with van der Waals surface area (Å²) < 4.78 is 12.4. The standard InChI is InChI=1S/C12H19FO3/c1-3-10(7-13)6-9(2)11(8-14)4-5-12(15)16/h6,11,14H,2-5,7-8H2,1H3,(H,15,16)/b10-6+. The van der Waals surface area contributed by atoms with Crippen LogP contribution in [0.1, 0.15) is 26.2 Å². The van der Waals surface area contributed by atoms with Crippen molar-refractivity contribution in [2.45, 2.75) is 26.2 Å². The lowest BCUT2D eigenvalue weighted by Crippen LogP contribution is -2.10. The van der Waals surface area contributed by atoms with Crippen LogP contribution in [-0.4, -0.2) is 29.5 Å². The lowest BCUT2D eigenvalue weighted by Gasteiger charge is -2.14. The van der Waals surface area contributed by atoms with E-state index in [1.807, 2.05) is 6.92 Å². The number of carboxylic acids is 1. The van der Waals surface area contributed by atoms with E-state index in [1.165, 1.54) is 0 Å². The molecule has 0 aromatic heterocycles. The Morgan fingerprint density at radius 1 is 1.56 bits per heavy atom. The molecular weight excluding hydrogens is 211 g/mol. The number of aliphatic hydroxyl groups excluding tert-OH is 1. The number of allylic oxidation sites excluding steroid dienone is 2. The van der Waals surface area contributed by atoms with Crippen LogP contribution in [0, 0.1) is 5.92 Å². The van der Waals surface area contributed by atoms with E-state index < -0.39 is 12.6 Å². The second-order valence-electron chi connectivity index (χ2n) is 3.68. The number of hydrogen-bond acceptors (Lipinski definition) is 2. The monoisotopic (exact) mass is 230 g/mol. The van der Waals surface area contributed by atoms with E-state index >= 15 is 0 Å². The molecule has 4 heteroatoms. The molecule has 0 aliphatic heterocycles. The molecule has 2 N–H and O–H groups in total. The summed E-state index contributed by atoms with van der Waals surface area (Å²) in [6, 6.07) is 0. The van der Waals surface area contributed by atoms with Crippen molar-refractivity contribution in [1.82, 2.24) is 0 Å². The highest BCUT2D eigenvalue weighted by atomic mass is 19.1. The van der Waals surface area contributed by atoms with Crippen molar-refractivity contribution in [2.24, 2.45) is 5.92 Å². The normalized spacial score (nSPS) is 13.6. The van der Waals surface area contributed by atoms with Gasteiger partial charge in [-0.05, 0) is 24.0 Å². The summed E-state index contributed by atoms with van der Waals surface area (Å²) in [6.45, 7) is 4.88. The lowest BCUT2D eigenvalue weighted by molar-refractivity contribution is -0.137. The van der Waals surface area contributed by atoms with Gasteiger partial charge >= 0.3 is 5.97 Å². The number of hydrogen-bond donors (Lipinski definition) is 2. The maximum atomic E-state index is 12.4. The van der Waals surface area contributed by atoms with E-state index in [-0.39, 0.29) is 18.9 Å². The summed E-state index contributed by atoms with van der Waals surface area (Å²) in [5, 5.41) is 17.6. The van der Waals surface area contributed by atoms with Crippen molar-refractivity contribution in [3.8, 4) is 0 Å². The van der Waals surface area contributed by atoms with Crippen LogP contribution in [0.2, 0.25) is 0 Å². The number of carbonyl (C=O) groups is 1. The van der Waals surface area contributed by atoms with E-state index in [2.05, 4.69) is 6.58 Å². The molecule has 1 unspecified atom stereocenters. The molecule has 92 valence electrons. The second kappa shape index (κ2) is 8.05. The van der Waals surface area contributed by atoms with E-state index in [0.29, 0.717) is 24.0 Å². The molecule has 16 heavy (non-hydrogen) atoms. The van der Waals surface area contributed by atoms with Gasteiger partial charge in [0.2, 0.25) is 0 Å². The Morgan fingerprint density at radius 3 is 2.56 bits per heavy atom. The first kappa shape index (κ1) is 14.8. The molecule has 0 radical (unpaired) electrons. The average Bonchev–Trinajstić information content (AvgIpc) is 2.26. The molecule has 0 saturated carbocycles. The van der Waals surface area contributed by atoms with Crippen LogP contribution in [0.15, 0.2) is 23.8 Å². The van der Waals surface area contributed by atoms with Crippen molar-refractivity contribution < 1.29 is 19.4 Å². The van der Waals surface area contributed by atoms with Crippen LogP contribution < -0.4 is 0 Å². The molecule has 0 aromatic rings. The minimum atomic E-state index is -0.906. The number of aliphatic carboxylic acids is 1.